The molecule has 1 aromatic carbocycles. The van der Waals surface area contributed by atoms with Crippen LogP contribution in [0.5, 0.6) is 0 Å². The van der Waals surface area contributed by atoms with Gasteiger partial charge in [-0.2, -0.15) is 0 Å². The fraction of sp³-hybridized carbons (Fsp3) is 0.400. The van der Waals surface area contributed by atoms with Crippen LogP contribution in [0.1, 0.15) is 40.5 Å². The molecular weight excluding hydrogens is 226 g/mol. The number of benzene rings is 1. The summed E-state index contributed by atoms with van der Waals surface area (Å²) < 4.78 is 2.17. The lowest BCUT2D eigenvalue weighted by Gasteiger charge is -2.04. The monoisotopic (exact) mass is 245 g/mol. The van der Waals surface area contributed by atoms with E-state index < -0.39 is 5.97 Å². The summed E-state index contributed by atoms with van der Waals surface area (Å²) in [6.45, 7) is 6.22. The normalized spacial score (nSPS) is 11.1. The van der Waals surface area contributed by atoms with E-state index in [4.69, 9.17) is 5.11 Å². The number of hydrogen-bond acceptors (Lipinski definition) is 1. The van der Waals surface area contributed by atoms with Crippen molar-refractivity contribution < 1.29 is 9.90 Å². The van der Waals surface area contributed by atoms with E-state index in [1.54, 1.807) is 6.07 Å². The summed E-state index contributed by atoms with van der Waals surface area (Å²) in [6.07, 6.45) is 2.06. The highest BCUT2D eigenvalue weighted by Gasteiger charge is 2.15. The second kappa shape index (κ2) is 4.48. The number of carboxylic acids is 1. The van der Waals surface area contributed by atoms with E-state index in [1.807, 2.05) is 20.0 Å². The van der Waals surface area contributed by atoms with Crippen LogP contribution in [0.4, 0.5) is 0 Å². The fourth-order valence-corrected chi connectivity index (χ4v) is 2.71. The van der Waals surface area contributed by atoms with Crippen LogP contribution in [0, 0.1) is 13.8 Å². The molecule has 3 heteroatoms. The van der Waals surface area contributed by atoms with Crippen molar-refractivity contribution in [2.24, 2.45) is 7.05 Å². The minimum absolute atomic E-state index is 0.378. The van der Waals surface area contributed by atoms with Gasteiger partial charge in [0.2, 0.25) is 0 Å². The third-order valence-electron chi connectivity index (χ3n) is 3.65. The first-order valence-corrected chi connectivity index (χ1v) is 6.29. The lowest BCUT2D eigenvalue weighted by Crippen LogP contribution is -1.98. The maximum atomic E-state index is 11.2. The van der Waals surface area contributed by atoms with Gasteiger partial charge in [-0.25, -0.2) is 4.79 Å². The van der Waals surface area contributed by atoms with Gasteiger partial charge in [0.15, 0.2) is 0 Å². The van der Waals surface area contributed by atoms with Crippen molar-refractivity contribution in [3.8, 4) is 0 Å². The number of hydrogen-bond donors (Lipinski definition) is 1. The highest BCUT2D eigenvalue weighted by atomic mass is 16.4. The minimum Gasteiger partial charge on any atom is -0.478 e. The van der Waals surface area contributed by atoms with E-state index >= 15 is 0 Å². The zero-order valence-electron chi connectivity index (χ0n) is 11.4. The molecule has 0 bridgehead atoms. The van der Waals surface area contributed by atoms with Crippen LogP contribution in [0.2, 0.25) is 0 Å². The largest absolute Gasteiger partial charge is 0.478 e. The number of carboxylic acid groups (broad SMARTS) is 1. The molecule has 96 valence electrons. The van der Waals surface area contributed by atoms with Crippen molar-refractivity contribution in [3.63, 3.8) is 0 Å². The first kappa shape index (κ1) is 12.7. The zero-order valence-corrected chi connectivity index (χ0v) is 11.4. The number of carbonyl (C=O) groups is 1. The fourth-order valence-electron chi connectivity index (χ4n) is 2.71. The summed E-state index contributed by atoms with van der Waals surface area (Å²) in [5, 5.41) is 10.3. The van der Waals surface area contributed by atoms with E-state index in [9.17, 15) is 4.79 Å². The van der Waals surface area contributed by atoms with Crippen LogP contribution in [0.15, 0.2) is 12.1 Å². The third-order valence-corrected chi connectivity index (χ3v) is 3.65. The molecule has 3 nitrogen and oxygen atoms in total. The van der Waals surface area contributed by atoms with Crippen molar-refractivity contribution in [1.29, 1.82) is 0 Å². The molecule has 0 spiro atoms. The Morgan fingerprint density at radius 1 is 1.33 bits per heavy atom. The predicted molar refractivity (Wildman–Crippen MR) is 73.3 cm³/mol. The lowest BCUT2D eigenvalue weighted by atomic mass is 10.0. The van der Waals surface area contributed by atoms with Crippen LogP contribution in [-0.2, 0) is 13.5 Å². The molecule has 0 amide bonds. The average molecular weight is 245 g/mol. The van der Waals surface area contributed by atoms with Crippen LogP contribution in [0.3, 0.4) is 0 Å². The summed E-state index contributed by atoms with van der Waals surface area (Å²) in [4.78, 5) is 11.2. The van der Waals surface area contributed by atoms with E-state index in [2.05, 4.69) is 18.4 Å². The van der Waals surface area contributed by atoms with Gasteiger partial charge in [-0.1, -0.05) is 13.3 Å². The number of rotatable bonds is 3. The maximum Gasteiger partial charge on any atom is 0.335 e. The van der Waals surface area contributed by atoms with Crippen LogP contribution in [0.25, 0.3) is 10.9 Å². The average Bonchev–Trinajstić information content (AvgIpc) is 2.55. The molecule has 2 rings (SSSR count). The molecule has 0 aliphatic carbocycles. The quantitative estimate of drug-likeness (QED) is 0.900. The lowest BCUT2D eigenvalue weighted by molar-refractivity contribution is 0.0697. The van der Waals surface area contributed by atoms with E-state index in [1.165, 1.54) is 11.3 Å². The number of aromatic nitrogens is 1. The Bertz CT molecular complexity index is 623. The molecule has 0 atom stereocenters. The molecular formula is C15H19NO2. The summed E-state index contributed by atoms with van der Waals surface area (Å²) in [5.41, 5.74) is 5.07. The first-order valence-electron chi connectivity index (χ1n) is 6.29. The van der Waals surface area contributed by atoms with Crippen molar-refractivity contribution in [2.75, 3.05) is 0 Å². The van der Waals surface area contributed by atoms with Gasteiger partial charge < -0.3 is 9.67 Å². The van der Waals surface area contributed by atoms with Gasteiger partial charge in [-0.15, -0.1) is 0 Å². The van der Waals surface area contributed by atoms with Gasteiger partial charge in [0.05, 0.1) is 11.1 Å². The molecule has 1 heterocycles. The van der Waals surface area contributed by atoms with Gasteiger partial charge >= 0.3 is 5.97 Å². The van der Waals surface area contributed by atoms with Gasteiger partial charge in [0.1, 0.15) is 0 Å². The van der Waals surface area contributed by atoms with Crippen molar-refractivity contribution in [1.82, 2.24) is 4.57 Å². The van der Waals surface area contributed by atoms with Crippen molar-refractivity contribution in [3.05, 3.63) is 34.5 Å². The standard InChI is InChI=1S/C15H19NO2/c1-5-6-12-10(3)16(4)14-9(2)7-11(15(17)18)8-13(12)14/h7-8H,5-6H2,1-4H3,(H,17,18). The SMILES string of the molecule is CCCc1c(C)n(C)c2c(C)cc(C(=O)O)cc12. The molecule has 2 aromatic rings. The molecule has 0 aliphatic rings. The minimum atomic E-state index is -0.857. The zero-order chi connectivity index (χ0) is 13.4. The number of nitrogens with zero attached hydrogens (tertiary/aromatic N) is 1. The first-order chi connectivity index (χ1) is 8.47. The number of fused-ring (bicyclic) bond motifs is 1. The van der Waals surface area contributed by atoms with Crippen LogP contribution >= 0.6 is 0 Å². The topological polar surface area (TPSA) is 42.2 Å². The van der Waals surface area contributed by atoms with Gasteiger partial charge in [-0.05, 0) is 43.5 Å². The molecule has 1 N–H and O–H groups in total. The second-order valence-corrected chi connectivity index (χ2v) is 4.87. The Balaban J connectivity index is 2.84. The molecule has 0 unspecified atom stereocenters. The van der Waals surface area contributed by atoms with Crippen LogP contribution < -0.4 is 0 Å². The molecule has 18 heavy (non-hydrogen) atoms. The third kappa shape index (κ3) is 1.80. The molecule has 1 aromatic heterocycles. The van der Waals surface area contributed by atoms with Crippen LogP contribution in [-0.4, -0.2) is 15.6 Å². The predicted octanol–water partition coefficient (Wildman–Crippen LogP) is 3.45. The van der Waals surface area contributed by atoms with Gasteiger partial charge in [-0.3, -0.25) is 0 Å². The molecule has 0 radical (unpaired) electrons. The molecule has 0 aliphatic heterocycles. The van der Waals surface area contributed by atoms with E-state index in [0.29, 0.717) is 5.56 Å². The van der Waals surface area contributed by atoms with E-state index in [0.717, 1.165) is 29.3 Å². The highest BCUT2D eigenvalue weighted by Crippen LogP contribution is 2.29. The number of aryl methyl sites for hydroxylation is 3. The Morgan fingerprint density at radius 2 is 2.00 bits per heavy atom. The van der Waals surface area contributed by atoms with Gasteiger partial charge in [0.25, 0.3) is 0 Å². The summed E-state index contributed by atoms with van der Waals surface area (Å²) in [5.74, 6) is -0.857. The summed E-state index contributed by atoms with van der Waals surface area (Å²) in [7, 11) is 2.05. The van der Waals surface area contributed by atoms with Crippen molar-refractivity contribution in [2.45, 2.75) is 33.6 Å². The Labute approximate surface area is 107 Å². The second-order valence-electron chi connectivity index (χ2n) is 4.87. The highest BCUT2D eigenvalue weighted by molar-refractivity contribution is 5.97. The summed E-state index contributed by atoms with van der Waals surface area (Å²) in [6, 6.07) is 3.56. The van der Waals surface area contributed by atoms with E-state index in [-0.39, 0.29) is 0 Å². The molecule has 0 saturated carbocycles. The molecule has 0 saturated heterocycles. The number of aromatic carboxylic acids is 1. The maximum absolute atomic E-state index is 11.2. The molecule has 0 fully saturated rings. The van der Waals surface area contributed by atoms with Crippen molar-refractivity contribution >= 4 is 16.9 Å². The Morgan fingerprint density at radius 3 is 2.56 bits per heavy atom. The summed E-state index contributed by atoms with van der Waals surface area (Å²) >= 11 is 0. The van der Waals surface area contributed by atoms with Gasteiger partial charge in [0, 0.05) is 18.1 Å². The Hall–Kier alpha value is -1.77. The smallest absolute Gasteiger partial charge is 0.335 e. The Kier molecular flexibility index (Phi) is 3.16.